The van der Waals surface area contributed by atoms with E-state index in [0.717, 1.165) is 6.07 Å². The van der Waals surface area contributed by atoms with Gasteiger partial charge in [0.2, 0.25) is 0 Å². The first kappa shape index (κ1) is 16.9. The van der Waals surface area contributed by atoms with E-state index in [0.29, 0.717) is 13.2 Å². The molecule has 0 saturated heterocycles. The molecule has 20 heavy (non-hydrogen) atoms. The first-order valence-corrected chi connectivity index (χ1v) is 7.74. The monoisotopic (exact) mass is 322 g/mol. The summed E-state index contributed by atoms with van der Waals surface area (Å²) in [5.74, 6) is -1.42. The number of carboxylic acid groups (broad SMARTS) is 1. The summed E-state index contributed by atoms with van der Waals surface area (Å²) in [5.41, 5.74) is -0.137. The average Bonchev–Trinajstić information content (AvgIpc) is 2.37. The fraction of sp³-hybridized carbons (Fsp3) is 0.417. The molecule has 0 unspecified atom stereocenters. The Labute approximate surface area is 122 Å². The van der Waals surface area contributed by atoms with Crippen LogP contribution in [0.1, 0.15) is 10.4 Å². The Morgan fingerprint density at radius 2 is 2.00 bits per heavy atom. The number of halogens is 1. The van der Waals surface area contributed by atoms with Gasteiger partial charge >= 0.3 is 5.97 Å². The average molecular weight is 323 g/mol. The first-order valence-electron chi connectivity index (χ1n) is 5.71. The van der Waals surface area contributed by atoms with E-state index in [2.05, 4.69) is 0 Å². The molecule has 112 valence electrons. The van der Waals surface area contributed by atoms with E-state index in [1.807, 2.05) is 0 Å². The quantitative estimate of drug-likeness (QED) is 0.729. The maximum Gasteiger partial charge on any atom is 0.337 e. The Morgan fingerprint density at radius 1 is 1.30 bits per heavy atom. The largest absolute Gasteiger partial charge is 0.478 e. The Bertz CT molecular complexity index is 569. The third kappa shape index (κ3) is 4.75. The zero-order valence-electron chi connectivity index (χ0n) is 10.8. The highest BCUT2D eigenvalue weighted by Crippen LogP contribution is 2.21. The number of benzene rings is 1. The van der Waals surface area contributed by atoms with Crippen LogP contribution in [-0.4, -0.2) is 52.2 Å². The van der Waals surface area contributed by atoms with Crippen molar-refractivity contribution in [3.05, 3.63) is 28.8 Å². The normalized spacial score (nSPS) is 11.5. The highest BCUT2D eigenvalue weighted by molar-refractivity contribution is 7.91. The van der Waals surface area contributed by atoms with Crippen molar-refractivity contribution < 1.29 is 27.8 Å². The maximum absolute atomic E-state index is 12.0. The molecule has 0 heterocycles. The third-order valence-corrected chi connectivity index (χ3v) is 4.45. The van der Waals surface area contributed by atoms with Gasteiger partial charge in [-0.15, -0.1) is 0 Å². The van der Waals surface area contributed by atoms with Gasteiger partial charge in [0.05, 0.1) is 41.1 Å². The molecular formula is C12H15ClO6S. The van der Waals surface area contributed by atoms with Crippen molar-refractivity contribution in [1.82, 2.24) is 0 Å². The molecule has 0 atom stereocenters. The minimum atomic E-state index is -3.56. The minimum absolute atomic E-state index is 0.0251. The van der Waals surface area contributed by atoms with Crippen molar-refractivity contribution in [1.29, 1.82) is 0 Å². The van der Waals surface area contributed by atoms with Crippen molar-refractivity contribution in [2.75, 3.05) is 32.7 Å². The van der Waals surface area contributed by atoms with Gasteiger partial charge in [-0.2, -0.15) is 0 Å². The number of carbonyl (C=O) groups is 1. The van der Waals surface area contributed by atoms with Gasteiger partial charge in [0.25, 0.3) is 0 Å². The predicted molar refractivity (Wildman–Crippen MR) is 73.2 cm³/mol. The van der Waals surface area contributed by atoms with Crippen LogP contribution in [0.5, 0.6) is 0 Å². The lowest BCUT2D eigenvalue weighted by molar-refractivity contribution is 0.0697. The first-order chi connectivity index (χ1) is 9.38. The molecule has 0 aliphatic rings. The van der Waals surface area contributed by atoms with Gasteiger partial charge in [0.15, 0.2) is 9.84 Å². The fourth-order valence-electron chi connectivity index (χ4n) is 1.39. The predicted octanol–water partition coefficient (Wildman–Crippen LogP) is 1.47. The molecule has 0 aromatic heterocycles. The van der Waals surface area contributed by atoms with Gasteiger partial charge in [-0.05, 0) is 18.2 Å². The summed E-state index contributed by atoms with van der Waals surface area (Å²) >= 11 is 5.74. The Balaban J connectivity index is 2.73. The van der Waals surface area contributed by atoms with E-state index in [4.69, 9.17) is 26.2 Å². The zero-order chi connectivity index (χ0) is 15.2. The highest BCUT2D eigenvalue weighted by atomic mass is 35.5. The van der Waals surface area contributed by atoms with Crippen LogP contribution in [0.25, 0.3) is 0 Å². The number of hydrogen-bond acceptors (Lipinski definition) is 5. The van der Waals surface area contributed by atoms with Gasteiger partial charge in [0, 0.05) is 7.11 Å². The van der Waals surface area contributed by atoms with E-state index in [9.17, 15) is 13.2 Å². The van der Waals surface area contributed by atoms with Crippen molar-refractivity contribution in [3.8, 4) is 0 Å². The SMILES string of the molecule is COCCOCCS(=O)(=O)c1ccc(C(=O)O)c(Cl)c1. The number of ether oxygens (including phenoxy) is 2. The number of sulfone groups is 1. The second kappa shape index (κ2) is 7.58. The Hall–Kier alpha value is -1.15. The van der Waals surface area contributed by atoms with E-state index in [-0.39, 0.29) is 27.8 Å². The molecule has 0 fully saturated rings. The number of hydrogen-bond donors (Lipinski definition) is 1. The topological polar surface area (TPSA) is 89.9 Å². The minimum Gasteiger partial charge on any atom is -0.478 e. The Morgan fingerprint density at radius 3 is 2.55 bits per heavy atom. The molecule has 0 radical (unpaired) electrons. The van der Waals surface area contributed by atoms with Gasteiger partial charge in [-0.3, -0.25) is 0 Å². The summed E-state index contributed by atoms with van der Waals surface area (Å²) in [4.78, 5) is 10.8. The van der Waals surface area contributed by atoms with E-state index < -0.39 is 15.8 Å². The van der Waals surface area contributed by atoms with Crippen LogP contribution >= 0.6 is 11.6 Å². The zero-order valence-corrected chi connectivity index (χ0v) is 12.4. The number of aromatic carboxylic acids is 1. The van der Waals surface area contributed by atoms with E-state index in [1.54, 1.807) is 0 Å². The molecule has 1 aromatic carbocycles. The van der Waals surface area contributed by atoms with Crippen LogP contribution in [-0.2, 0) is 19.3 Å². The summed E-state index contributed by atoms with van der Waals surface area (Å²) in [7, 11) is -2.04. The molecule has 1 aromatic rings. The van der Waals surface area contributed by atoms with Crippen LogP contribution in [0.4, 0.5) is 0 Å². The second-order valence-electron chi connectivity index (χ2n) is 3.87. The van der Waals surface area contributed by atoms with Crippen LogP contribution in [0.15, 0.2) is 23.1 Å². The molecule has 0 aliphatic carbocycles. The molecular weight excluding hydrogens is 308 g/mol. The fourth-order valence-corrected chi connectivity index (χ4v) is 2.87. The highest BCUT2D eigenvalue weighted by Gasteiger charge is 2.17. The molecule has 0 bridgehead atoms. The van der Waals surface area contributed by atoms with Crippen molar-refractivity contribution in [3.63, 3.8) is 0 Å². The van der Waals surface area contributed by atoms with Gasteiger partial charge < -0.3 is 14.6 Å². The van der Waals surface area contributed by atoms with Crippen molar-refractivity contribution in [2.45, 2.75) is 4.90 Å². The maximum atomic E-state index is 12.0. The van der Waals surface area contributed by atoms with Gasteiger partial charge in [-0.1, -0.05) is 11.6 Å². The summed E-state index contributed by atoms with van der Waals surface area (Å²) in [6.07, 6.45) is 0. The standard InChI is InChI=1S/C12H15ClO6S/c1-18-4-5-19-6-7-20(16,17)9-2-3-10(12(14)15)11(13)8-9/h2-3,8H,4-7H2,1H3,(H,14,15). The molecule has 0 aliphatic heterocycles. The summed E-state index contributed by atoms with van der Waals surface area (Å²) in [5, 5.41) is 8.71. The summed E-state index contributed by atoms with van der Waals surface area (Å²) in [6.45, 7) is 0.730. The lowest BCUT2D eigenvalue weighted by atomic mass is 10.2. The summed E-state index contributed by atoms with van der Waals surface area (Å²) < 4.78 is 33.8. The Kier molecular flexibility index (Phi) is 6.41. The smallest absolute Gasteiger partial charge is 0.337 e. The number of carboxylic acids is 1. The van der Waals surface area contributed by atoms with Gasteiger partial charge in [0.1, 0.15) is 0 Å². The van der Waals surface area contributed by atoms with Crippen LogP contribution in [0.2, 0.25) is 5.02 Å². The molecule has 1 N–H and O–H groups in total. The van der Waals surface area contributed by atoms with Crippen molar-refractivity contribution >= 4 is 27.4 Å². The molecule has 0 spiro atoms. The summed E-state index contributed by atoms with van der Waals surface area (Å²) in [6, 6.07) is 3.53. The van der Waals surface area contributed by atoms with Crippen LogP contribution < -0.4 is 0 Å². The lowest BCUT2D eigenvalue weighted by Gasteiger charge is -2.07. The molecule has 8 heteroatoms. The molecule has 6 nitrogen and oxygen atoms in total. The molecule has 0 saturated carbocycles. The van der Waals surface area contributed by atoms with Crippen LogP contribution in [0, 0.1) is 0 Å². The second-order valence-corrected chi connectivity index (χ2v) is 6.39. The van der Waals surface area contributed by atoms with Crippen molar-refractivity contribution in [2.24, 2.45) is 0 Å². The third-order valence-electron chi connectivity index (χ3n) is 2.46. The molecule has 0 amide bonds. The number of methoxy groups -OCH3 is 1. The van der Waals surface area contributed by atoms with Gasteiger partial charge in [-0.25, -0.2) is 13.2 Å². The number of rotatable bonds is 8. The molecule has 1 rings (SSSR count). The van der Waals surface area contributed by atoms with Crippen LogP contribution in [0.3, 0.4) is 0 Å². The lowest BCUT2D eigenvalue weighted by Crippen LogP contribution is -2.14. The van der Waals surface area contributed by atoms with E-state index in [1.165, 1.54) is 19.2 Å². The van der Waals surface area contributed by atoms with E-state index >= 15 is 0 Å².